The Morgan fingerprint density at radius 3 is 2.53 bits per heavy atom. The van der Waals surface area contributed by atoms with E-state index in [9.17, 15) is 9.59 Å². The van der Waals surface area contributed by atoms with E-state index in [1.54, 1.807) is 74.0 Å². The van der Waals surface area contributed by atoms with Crippen molar-refractivity contribution < 1.29 is 23.5 Å². The Balaban J connectivity index is 1.36. The Morgan fingerprint density at radius 2 is 1.81 bits per heavy atom. The van der Waals surface area contributed by atoms with Gasteiger partial charge in [-0.25, -0.2) is 0 Å². The summed E-state index contributed by atoms with van der Waals surface area (Å²) >= 11 is 13.3. The van der Waals surface area contributed by atoms with Crippen molar-refractivity contribution in [3.05, 3.63) is 117 Å². The van der Waals surface area contributed by atoms with Gasteiger partial charge < -0.3 is 19.2 Å². The molecule has 0 saturated carbocycles. The summed E-state index contributed by atoms with van der Waals surface area (Å²) in [6.07, 6.45) is 4.77. The van der Waals surface area contributed by atoms with Gasteiger partial charge in [-0.15, -0.1) is 5.10 Å². The van der Waals surface area contributed by atoms with Gasteiger partial charge in [-0.2, -0.15) is 5.10 Å². The highest BCUT2D eigenvalue weighted by molar-refractivity contribution is 8.18. The average molecular weight is 636 g/mol. The number of benzene rings is 3. The summed E-state index contributed by atoms with van der Waals surface area (Å²) in [7, 11) is 1.60. The molecule has 4 aromatic rings. The molecule has 218 valence electrons. The van der Waals surface area contributed by atoms with Crippen LogP contribution in [0.2, 0.25) is 10.0 Å². The molecule has 0 unspecified atom stereocenters. The monoisotopic (exact) mass is 634 g/mol. The topological polar surface area (TPSA) is 106 Å². The van der Waals surface area contributed by atoms with Crippen LogP contribution in [0.1, 0.15) is 16.9 Å². The summed E-state index contributed by atoms with van der Waals surface area (Å²) in [4.78, 5) is 27.9. The van der Waals surface area contributed by atoms with Crippen LogP contribution in [0.15, 0.2) is 105 Å². The fraction of sp³-hybridized carbons (Fsp3) is 0.0968. The first-order chi connectivity index (χ1) is 20.9. The number of hydrogen-bond acceptors (Lipinski definition) is 8. The van der Waals surface area contributed by atoms with Crippen LogP contribution in [-0.2, 0) is 16.1 Å². The van der Waals surface area contributed by atoms with Gasteiger partial charge >= 0.3 is 0 Å². The van der Waals surface area contributed by atoms with Crippen molar-refractivity contribution in [2.45, 2.75) is 6.54 Å². The molecular formula is C31H24Cl2N4O5S. The smallest absolute Gasteiger partial charge is 0.267 e. The molecule has 0 atom stereocenters. The first-order valence-corrected chi connectivity index (χ1v) is 14.4. The summed E-state index contributed by atoms with van der Waals surface area (Å²) < 4.78 is 16.5. The highest BCUT2D eigenvalue weighted by atomic mass is 35.5. The highest BCUT2D eigenvalue weighted by Gasteiger charge is 2.34. The van der Waals surface area contributed by atoms with E-state index in [1.165, 1.54) is 11.2 Å². The minimum Gasteiger partial charge on any atom is -0.497 e. The number of ether oxygens (including phenoxy) is 2. The molecule has 9 nitrogen and oxygen atoms in total. The molecule has 1 N–H and O–H groups in total. The second kappa shape index (κ2) is 14.1. The van der Waals surface area contributed by atoms with Crippen molar-refractivity contribution in [2.75, 3.05) is 19.0 Å². The number of nitrogens with one attached hydrogen (secondary N) is 1. The number of thioether (sulfide) groups is 1. The zero-order valence-electron chi connectivity index (χ0n) is 22.7. The summed E-state index contributed by atoms with van der Waals surface area (Å²) in [6, 6.07) is 22.5. The fourth-order valence-corrected chi connectivity index (χ4v) is 5.13. The van der Waals surface area contributed by atoms with Crippen LogP contribution in [-0.4, -0.2) is 41.8 Å². The molecule has 12 heteroatoms. The number of carbonyl (C=O) groups excluding carboxylic acids is 2. The van der Waals surface area contributed by atoms with Crippen LogP contribution in [0.3, 0.4) is 0 Å². The maximum Gasteiger partial charge on any atom is 0.267 e. The first kappa shape index (κ1) is 30.0. The van der Waals surface area contributed by atoms with E-state index in [1.807, 2.05) is 24.3 Å². The lowest BCUT2D eigenvalue weighted by Gasteiger charge is -2.13. The molecule has 1 aliphatic rings. The number of methoxy groups -OCH3 is 1. The molecule has 1 fully saturated rings. The van der Waals surface area contributed by atoms with E-state index in [0.717, 1.165) is 23.1 Å². The standard InChI is InChI=1S/C31H24Cl2N4O5S/c1-40-25-11-4-20(5-12-25)17-34-36-31-37(18-26-3-2-14-41-26)30(39)28(43-31)16-21-15-23(33)8-13-27(21)42-19-29(38)35-24-9-6-22(32)7-10-24/h2-17H,18-19H2,1H3,(H,35,38)/b28-16-,34-17+,36-31-. The minimum atomic E-state index is -0.365. The number of carbonyl (C=O) groups is 2. The van der Waals surface area contributed by atoms with E-state index in [-0.39, 0.29) is 25.0 Å². The Hall–Kier alpha value is -4.51. The van der Waals surface area contributed by atoms with Crippen molar-refractivity contribution in [3.63, 3.8) is 0 Å². The van der Waals surface area contributed by atoms with Crippen molar-refractivity contribution >= 4 is 69.9 Å². The first-order valence-electron chi connectivity index (χ1n) is 12.8. The van der Waals surface area contributed by atoms with Gasteiger partial charge in [-0.1, -0.05) is 23.2 Å². The van der Waals surface area contributed by atoms with Crippen LogP contribution in [0.4, 0.5) is 5.69 Å². The summed E-state index contributed by atoms with van der Waals surface area (Å²) in [5, 5.41) is 12.6. The largest absolute Gasteiger partial charge is 0.497 e. The molecule has 1 aliphatic heterocycles. The number of furan rings is 1. The molecule has 5 rings (SSSR count). The van der Waals surface area contributed by atoms with Gasteiger partial charge in [-0.3, -0.25) is 14.5 Å². The van der Waals surface area contributed by atoms with Crippen molar-refractivity contribution in [3.8, 4) is 11.5 Å². The van der Waals surface area contributed by atoms with E-state index >= 15 is 0 Å². The zero-order chi connectivity index (χ0) is 30.2. The van der Waals surface area contributed by atoms with Crippen LogP contribution >= 0.6 is 35.0 Å². The quantitative estimate of drug-likeness (QED) is 0.113. The van der Waals surface area contributed by atoms with Gasteiger partial charge in [0.2, 0.25) is 0 Å². The summed E-state index contributed by atoms with van der Waals surface area (Å²) in [6.45, 7) is -0.101. The highest BCUT2D eigenvalue weighted by Crippen LogP contribution is 2.36. The number of hydrogen-bond donors (Lipinski definition) is 1. The van der Waals surface area contributed by atoms with E-state index in [0.29, 0.717) is 42.9 Å². The normalized spacial score (nSPS) is 15.0. The minimum absolute atomic E-state index is 0.164. The molecule has 43 heavy (non-hydrogen) atoms. The average Bonchev–Trinajstić information content (AvgIpc) is 3.63. The lowest BCUT2D eigenvalue weighted by molar-refractivity contribution is -0.122. The zero-order valence-corrected chi connectivity index (χ0v) is 25.0. The molecule has 3 aromatic carbocycles. The molecule has 1 aromatic heterocycles. The molecule has 2 heterocycles. The van der Waals surface area contributed by atoms with E-state index < -0.39 is 0 Å². The third-order valence-corrected chi connectivity index (χ3v) is 7.48. The van der Waals surface area contributed by atoms with Gasteiger partial charge in [-0.05, 0) is 102 Å². The van der Waals surface area contributed by atoms with Crippen molar-refractivity contribution in [1.82, 2.24) is 4.90 Å². The molecule has 0 aliphatic carbocycles. The van der Waals surface area contributed by atoms with E-state index in [4.69, 9.17) is 37.1 Å². The number of amides is 2. The molecule has 0 spiro atoms. The fourth-order valence-electron chi connectivity index (χ4n) is 3.89. The number of rotatable bonds is 10. The second-order valence-electron chi connectivity index (χ2n) is 9.01. The Bertz CT molecular complexity index is 1690. The van der Waals surface area contributed by atoms with Crippen molar-refractivity contribution in [1.29, 1.82) is 0 Å². The summed E-state index contributed by atoms with van der Waals surface area (Å²) in [5.74, 6) is 1.02. The molecular weight excluding hydrogens is 611 g/mol. The SMILES string of the molecule is COc1ccc(/C=N/N=C2\S/C(=C\c3cc(Cl)ccc3OCC(=O)Nc3ccc(Cl)cc3)C(=O)N2Cc2ccco2)cc1. The van der Waals surface area contributed by atoms with Crippen LogP contribution in [0, 0.1) is 0 Å². The Kier molecular flexibility index (Phi) is 9.83. The van der Waals surface area contributed by atoms with Gasteiger partial charge in [0.25, 0.3) is 11.8 Å². The lowest BCUT2D eigenvalue weighted by Crippen LogP contribution is -2.28. The molecule has 0 bridgehead atoms. The lowest BCUT2D eigenvalue weighted by atomic mass is 10.2. The number of halogens is 2. The van der Waals surface area contributed by atoms with Crippen molar-refractivity contribution in [2.24, 2.45) is 10.2 Å². The second-order valence-corrected chi connectivity index (χ2v) is 10.9. The number of amidine groups is 1. The predicted molar refractivity (Wildman–Crippen MR) is 170 cm³/mol. The molecule has 1 saturated heterocycles. The van der Waals surface area contributed by atoms with Gasteiger partial charge in [0.05, 0.1) is 31.0 Å². The third-order valence-electron chi connectivity index (χ3n) is 5.99. The predicted octanol–water partition coefficient (Wildman–Crippen LogP) is 7.12. The maximum absolute atomic E-state index is 13.5. The Morgan fingerprint density at radius 1 is 1.05 bits per heavy atom. The summed E-state index contributed by atoms with van der Waals surface area (Å²) in [5.41, 5.74) is 1.92. The maximum atomic E-state index is 13.5. The van der Waals surface area contributed by atoms with Crippen LogP contribution in [0.25, 0.3) is 6.08 Å². The number of nitrogens with zero attached hydrogens (tertiary/aromatic N) is 3. The van der Waals surface area contributed by atoms with E-state index in [2.05, 4.69) is 15.5 Å². The van der Waals surface area contributed by atoms with Gasteiger partial charge in [0, 0.05) is 21.3 Å². The molecule has 2 amide bonds. The van der Waals surface area contributed by atoms with Gasteiger partial charge in [0.1, 0.15) is 17.3 Å². The van der Waals surface area contributed by atoms with Gasteiger partial charge in [0.15, 0.2) is 11.8 Å². The van der Waals surface area contributed by atoms with Crippen LogP contribution in [0.5, 0.6) is 11.5 Å². The third kappa shape index (κ3) is 8.07. The van der Waals surface area contributed by atoms with Crippen LogP contribution < -0.4 is 14.8 Å². The Labute approximate surface area is 261 Å². The molecule has 0 radical (unpaired) electrons. The number of anilines is 1.